The van der Waals surface area contributed by atoms with Crippen LogP contribution in [0.1, 0.15) is 11.1 Å². The van der Waals surface area contributed by atoms with Gasteiger partial charge in [-0.3, -0.25) is 9.59 Å². The first-order valence-corrected chi connectivity index (χ1v) is 12.6. The van der Waals surface area contributed by atoms with E-state index < -0.39 is 12.1 Å². The van der Waals surface area contributed by atoms with Crippen molar-refractivity contribution in [3.05, 3.63) is 108 Å². The fraction of sp³-hybridized carbons (Fsp3) is 0.133. The Bertz CT molecular complexity index is 1340. The van der Waals surface area contributed by atoms with Gasteiger partial charge in [0.2, 0.25) is 11.8 Å². The van der Waals surface area contributed by atoms with Gasteiger partial charge >= 0.3 is 0 Å². The minimum absolute atomic E-state index is 0.156. The van der Waals surface area contributed by atoms with Gasteiger partial charge in [0.15, 0.2) is 0 Å². The lowest BCUT2D eigenvalue weighted by molar-refractivity contribution is -0.118. The number of aromatic hydroxyl groups is 2. The summed E-state index contributed by atoms with van der Waals surface area (Å²) in [5.41, 5.74) is 16.1. The topological polar surface area (TPSA) is 175 Å². The molecule has 10 nitrogen and oxygen atoms in total. The van der Waals surface area contributed by atoms with Crippen LogP contribution in [0.4, 0.5) is 22.7 Å². The number of anilines is 2. The van der Waals surface area contributed by atoms with Crippen LogP contribution in [-0.4, -0.2) is 34.1 Å². The van der Waals surface area contributed by atoms with Crippen molar-refractivity contribution in [1.29, 1.82) is 0 Å². The predicted molar refractivity (Wildman–Crippen MR) is 154 cm³/mol. The van der Waals surface area contributed by atoms with E-state index in [9.17, 15) is 19.8 Å². The second-order valence-electron chi connectivity index (χ2n) is 9.23. The molecule has 10 heteroatoms. The second kappa shape index (κ2) is 13.1. The number of hydrogen-bond acceptors (Lipinski definition) is 8. The van der Waals surface area contributed by atoms with Gasteiger partial charge in [0.05, 0.1) is 23.5 Å². The Kier molecular flexibility index (Phi) is 9.19. The summed E-state index contributed by atoms with van der Waals surface area (Å²) in [7, 11) is 0. The minimum atomic E-state index is -0.744. The number of phenols is 2. The molecule has 0 unspecified atom stereocenters. The summed E-state index contributed by atoms with van der Waals surface area (Å²) in [5, 5.41) is 32.7. The van der Waals surface area contributed by atoms with Crippen molar-refractivity contribution >= 4 is 34.6 Å². The molecule has 0 spiro atoms. The van der Waals surface area contributed by atoms with Crippen molar-refractivity contribution in [2.45, 2.75) is 24.9 Å². The van der Waals surface area contributed by atoms with E-state index in [1.165, 1.54) is 0 Å². The number of carbonyl (C=O) groups excluding carboxylic acids is 2. The maximum absolute atomic E-state index is 12.4. The van der Waals surface area contributed by atoms with E-state index >= 15 is 0 Å². The zero-order valence-electron chi connectivity index (χ0n) is 21.6. The minimum Gasteiger partial charge on any atom is -0.508 e. The fourth-order valence-corrected chi connectivity index (χ4v) is 3.77. The van der Waals surface area contributed by atoms with Crippen LogP contribution in [0.15, 0.2) is 107 Å². The van der Waals surface area contributed by atoms with Crippen LogP contribution in [0.2, 0.25) is 0 Å². The number of rotatable bonds is 10. The SMILES string of the molecule is N[C@@H](Cc1ccc(O)cc1)C(=O)Nc1ccc(N=Nc2ccc(NC(=O)[C@@H](N)Cc3ccc(O)cc3)cc2)cc1. The molecule has 0 heterocycles. The lowest BCUT2D eigenvalue weighted by Crippen LogP contribution is -2.37. The van der Waals surface area contributed by atoms with Crippen molar-refractivity contribution in [1.82, 2.24) is 0 Å². The van der Waals surface area contributed by atoms with Crippen molar-refractivity contribution in [2.75, 3.05) is 10.6 Å². The van der Waals surface area contributed by atoms with Crippen LogP contribution in [0.25, 0.3) is 0 Å². The van der Waals surface area contributed by atoms with Crippen molar-refractivity contribution in [2.24, 2.45) is 21.7 Å². The van der Waals surface area contributed by atoms with Crippen LogP contribution in [0.5, 0.6) is 11.5 Å². The summed E-state index contributed by atoms with van der Waals surface area (Å²) in [6, 6.07) is 25.3. The summed E-state index contributed by atoms with van der Waals surface area (Å²) in [6.07, 6.45) is 0.682. The molecule has 4 aromatic rings. The number of nitrogens with one attached hydrogen (secondary N) is 2. The zero-order chi connectivity index (χ0) is 28.5. The summed E-state index contributed by atoms with van der Waals surface area (Å²) < 4.78 is 0. The Balaban J connectivity index is 1.25. The first-order valence-electron chi connectivity index (χ1n) is 12.6. The van der Waals surface area contributed by atoms with E-state index in [4.69, 9.17) is 11.5 Å². The normalized spacial score (nSPS) is 12.6. The molecule has 0 aliphatic carbocycles. The van der Waals surface area contributed by atoms with E-state index in [0.29, 0.717) is 35.6 Å². The first kappa shape index (κ1) is 28.0. The van der Waals surface area contributed by atoms with E-state index in [1.807, 2.05) is 0 Å². The van der Waals surface area contributed by atoms with E-state index in [1.54, 1.807) is 97.1 Å². The Labute approximate surface area is 231 Å². The quantitative estimate of drug-likeness (QED) is 0.162. The molecule has 0 bridgehead atoms. The molecule has 0 fully saturated rings. The highest BCUT2D eigenvalue weighted by atomic mass is 16.3. The number of azo groups is 1. The Morgan fingerprint density at radius 1 is 0.575 bits per heavy atom. The second-order valence-corrected chi connectivity index (χ2v) is 9.23. The fourth-order valence-electron chi connectivity index (χ4n) is 3.77. The number of carbonyl (C=O) groups is 2. The zero-order valence-corrected chi connectivity index (χ0v) is 21.6. The first-order chi connectivity index (χ1) is 19.2. The van der Waals surface area contributed by atoms with Crippen LogP contribution >= 0.6 is 0 Å². The van der Waals surface area contributed by atoms with Gasteiger partial charge in [-0.25, -0.2) is 0 Å². The molecule has 2 amide bonds. The van der Waals surface area contributed by atoms with Gasteiger partial charge in [-0.15, -0.1) is 0 Å². The number of benzene rings is 4. The number of amides is 2. The average Bonchev–Trinajstić information content (AvgIpc) is 2.95. The van der Waals surface area contributed by atoms with Gasteiger partial charge in [0, 0.05) is 11.4 Å². The van der Waals surface area contributed by atoms with Crippen molar-refractivity contribution < 1.29 is 19.8 Å². The maximum Gasteiger partial charge on any atom is 0.241 e. The highest BCUT2D eigenvalue weighted by Crippen LogP contribution is 2.22. The van der Waals surface area contributed by atoms with E-state index in [2.05, 4.69) is 20.9 Å². The number of nitrogens with two attached hydrogens (primary N) is 2. The summed E-state index contributed by atoms with van der Waals surface area (Å²) >= 11 is 0. The largest absolute Gasteiger partial charge is 0.508 e. The lowest BCUT2D eigenvalue weighted by Gasteiger charge is -2.12. The molecular weight excluding hydrogens is 508 g/mol. The third-order valence-electron chi connectivity index (χ3n) is 6.01. The van der Waals surface area contributed by atoms with Gasteiger partial charge < -0.3 is 32.3 Å². The molecule has 8 N–H and O–H groups in total. The Morgan fingerprint density at radius 2 is 0.900 bits per heavy atom. The standard InChI is InChI=1S/C30H30N6O4/c31-27(17-19-1-13-25(37)14-2-19)29(39)33-21-5-9-23(10-6-21)35-36-24-11-7-22(8-12-24)34-30(40)28(32)18-20-3-15-26(38)16-4-20/h1-16,27-28,37-38H,17-18,31-32H2,(H,33,39)(H,34,40)/t27-,28-/m0/s1. The third kappa shape index (κ3) is 8.22. The monoisotopic (exact) mass is 538 g/mol. The Morgan fingerprint density at radius 3 is 1.23 bits per heavy atom. The van der Waals surface area contributed by atoms with Crippen LogP contribution in [0.3, 0.4) is 0 Å². The summed E-state index contributed by atoms with van der Waals surface area (Å²) in [4.78, 5) is 24.9. The molecule has 4 rings (SSSR count). The number of phenolic OH excluding ortho intramolecular Hbond substituents is 2. The number of nitrogens with zero attached hydrogens (tertiary/aromatic N) is 2. The summed E-state index contributed by atoms with van der Waals surface area (Å²) in [6.45, 7) is 0. The van der Waals surface area contributed by atoms with Gasteiger partial charge in [0.25, 0.3) is 0 Å². The maximum atomic E-state index is 12.4. The molecule has 2 atom stereocenters. The van der Waals surface area contributed by atoms with Crippen LogP contribution in [0, 0.1) is 0 Å². The van der Waals surface area contributed by atoms with Gasteiger partial charge in [-0.05, 0) is 96.8 Å². The van der Waals surface area contributed by atoms with Gasteiger partial charge in [0.1, 0.15) is 11.5 Å². The van der Waals surface area contributed by atoms with E-state index in [0.717, 1.165) is 11.1 Å². The highest BCUT2D eigenvalue weighted by Gasteiger charge is 2.15. The molecule has 0 aromatic heterocycles. The van der Waals surface area contributed by atoms with Crippen LogP contribution < -0.4 is 22.1 Å². The molecule has 0 radical (unpaired) electrons. The lowest BCUT2D eigenvalue weighted by atomic mass is 10.1. The molecule has 204 valence electrons. The molecule has 0 aliphatic rings. The summed E-state index contributed by atoms with van der Waals surface area (Å²) in [5.74, 6) is -0.333. The highest BCUT2D eigenvalue weighted by molar-refractivity contribution is 5.95. The van der Waals surface area contributed by atoms with Crippen molar-refractivity contribution in [3.8, 4) is 11.5 Å². The van der Waals surface area contributed by atoms with E-state index in [-0.39, 0.29) is 23.3 Å². The Hall–Kier alpha value is -5.06. The molecular formula is C30H30N6O4. The third-order valence-corrected chi connectivity index (χ3v) is 6.01. The average molecular weight is 539 g/mol. The number of hydrogen-bond donors (Lipinski definition) is 6. The van der Waals surface area contributed by atoms with Crippen molar-refractivity contribution in [3.63, 3.8) is 0 Å². The molecule has 40 heavy (non-hydrogen) atoms. The molecule has 4 aromatic carbocycles. The van der Waals surface area contributed by atoms with Gasteiger partial charge in [-0.1, -0.05) is 24.3 Å². The molecule has 0 saturated heterocycles. The van der Waals surface area contributed by atoms with Crippen LogP contribution in [-0.2, 0) is 22.4 Å². The molecule has 0 saturated carbocycles. The predicted octanol–water partition coefficient (Wildman–Crippen LogP) is 4.53. The smallest absolute Gasteiger partial charge is 0.241 e. The molecule has 0 aliphatic heterocycles. The van der Waals surface area contributed by atoms with Gasteiger partial charge in [-0.2, -0.15) is 10.2 Å².